The summed E-state index contributed by atoms with van der Waals surface area (Å²) >= 11 is 0. The van der Waals surface area contributed by atoms with E-state index in [-0.39, 0.29) is 0 Å². The predicted octanol–water partition coefficient (Wildman–Crippen LogP) is -2.75. The summed E-state index contributed by atoms with van der Waals surface area (Å²) in [5.74, 6) is -3.44. The highest BCUT2D eigenvalue weighted by atomic mass is 16.5. The average Bonchev–Trinajstić information content (AvgIpc) is 2.16. The van der Waals surface area contributed by atoms with Crippen molar-refractivity contribution in [1.82, 2.24) is 0 Å². The summed E-state index contributed by atoms with van der Waals surface area (Å²) in [7, 11) is 0.967. The molecule has 0 saturated carbocycles. The number of aliphatic hydroxyl groups excluding tert-OH is 3. The van der Waals surface area contributed by atoms with Gasteiger partial charge >= 0.3 is 11.9 Å². The van der Waals surface area contributed by atoms with E-state index in [0.717, 1.165) is 7.11 Å². The smallest absolute Gasteiger partial charge is 0.335 e. The van der Waals surface area contributed by atoms with Crippen LogP contribution in [0.25, 0.3) is 0 Å². The van der Waals surface area contributed by atoms with Crippen LogP contribution in [-0.2, 0) is 14.3 Å². The van der Waals surface area contributed by atoms with E-state index in [1.54, 1.807) is 0 Å². The molecule has 4 unspecified atom stereocenters. The molecule has 5 N–H and O–H groups in total. The SMILES string of the molecule is COC(C(O)C(=O)O)C(O)C(O)C(=O)O. The van der Waals surface area contributed by atoms with Gasteiger partial charge in [-0.15, -0.1) is 0 Å². The Morgan fingerprint density at radius 3 is 1.67 bits per heavy atom. The lowest BCUT2D eigenvalue weighted by Crippen LogP contribution is -2.50. The quantitative estimate of drug-likeness (QED) is 0.326. The molecule has 0 aliphatic carbocycles. The van der Waals surface area contributed by atoms with Crippen LogP contribution in [-0.4, -0.2) is 69.0 Å². The molecule has 0 saturated heterocycles. The molecule has 0 spiro atoms. The molecule has 0 radical (unpaired) electrons. The second-order valence-electron chi connectivity index (χ2n) is 2.76. The second-order valence-corrected chi connectivity index (χ2v) is 2.76. The van der Waals surface area contributed by atoms with Gasteiger partial charge in [0.1, 0.15) is 12.2 Å². The normalized spacial score (nSPS) is 18.9. The standard InChI is InChI=1S/C7H12O8/c1-15-5(4(10)7(13)14)2(8)3(9)6(11)12/h2-5,8-10H,1H3,(H,11,12)(H,13,14). The Hall–Kier alpha value is -1.22. The molecule has 0 aromatic heterocycles. The van der Waals surface area contributed by atoms with Crippen LogP contribution in [0.4, 0.5) is 0 Å². The van der Waals surface area contributed by atoms with E-state index in [0.29, 0.717) is 0 Å². The molecular formula is C7H12O8. The maximum absolute atomic E-state index is 10.3. The number of ether oxygens (including phenoxy) is 1. The number of carboxylic acids is 2. The second kappa shape index (κ2) is 5.61. The van der Waals surface area contributed by atoms with Crippen molar-refractivity contribution in [1.29, 1.82) is 0 Å². The Labute approximate surface area is 84.3 Å². The largest absolute Gasteiger partial charge is 0.479 e. The van der Waals surface area contributed by atoms with Gasteiger partial charge < -0.3 is 30.3 Å². The van der Waals surface area contributed by atoms with Crippen molar-refractivity contribution < 1.29 is 39.9 Å². The van der Waals surface area contributed by atoms with Crippen molar-refractivity contribution in [2.75, 3.05) is 7.11 Å². The van der Waals surface area contributed by atoms with E-state index in [2.05, 4.69) is 4.74 Å². The average molecular weight is 224 g/mol. The lowest BCUT2D eigenvalue weighted by atomic mass is 10.0. The number of hydrogen-bond acceptors (Lipinski definition) is 6. The number of rotatable bonds is 6. The predicted molar refractivity (Wildman–Crippen MR) is 44.1 cm³/mol. The number of aliphatic carboxylic acids is 2. The molecule has 0 bridgehead atoms. The molecule has 0 aliphatic heterocycles. The fourth-order valence-corrected chi connectivity index (χ4v) is 0.921. The highest BCUT2D eigenvalue weighted by Crippen LogP contribution is 2.09. The lowest BCUT2D eigenvalue weighted by molar-refractivity contribution is -0.176. The van der Waals surface area contributed by atoms with E-state index in [1.807, 2.05) is 0 Å². The number of hydrogen-bond donors (Lipinski definition) is 5. The fraction of sp³-hybridized carbons (Fsp3) is 0.714. The number of aliphatic hydroxyl groups is 3. The first kappa shape index (κ1) is 13.8. The molecule has 0 aromatic carbocycles. The first-order valence-corrected chi connectivity index (χ1v) is 3.85. The summed E-state index contributed by atoms with van der Waals surface area (Å²) in [4.78, 5) is 20.6. The maximum Gasteiger partial charge on any atom is 0.335 e. The molecule has 0 fully saturated rings. The van der Waals surface area contributed by atoms with Crippen molar-refractivity contribution in [2.24, 2.45) is 0 Å². The van der Waals surface area contributed by atoms with Gasteiger partial charge in [-0.05, 0) is 0 Å². The van der Waals surface area contributed by atoms with Gasteiger partial charge in [-0.2, -0.15) is 0 Å². The summed E-state index contributed by atoms with van der Waals surface area (Å²) in [6.07, 6.45) is -8.13. The highest BCUT2D eigenvalue weighted by molar-refractivity contribution is 5.75. The highest BCUT2D eigenvalue weighted by Gasteiger charge is 2.38. The van der Waals surface area contributed by atoms with Crippen molar-refractivity contribution in [3.8, 4) is 0 Å². The molecule has 15 heavy (non-hydrogen) atoms. The molecule has 0 heterocycles. The topological polar surface area (TPSA) is 145 Å². The summed E-state index contributed by atoms with van der Waals surface area (Å²) in [6.45, 7) is 0. The molecule has 8 nitrogen and oxygen atoms in total. The first-order chi connectivity index (χ1) is 6.82. The first-order valence-electron chi connectivity index (χ1n) is 3.85. The van der Waals surface area contributed by atoms with Gasteiger partial charge in [-0.3, -0.25) is 0 Å². The Kier molecular flexibility index (Phi) is 5.15. The Morgan fingerprint density at radius 2 is 1.40 bits per heavy atom. The Morgan fingerprint density at radius 1 is 1.00 bits per heavy atom. The molecule has 8 heteroatoms. The van der Waals surface area contributed by atoms with E-state index >= 15 is 0 Å². The van der Waals surface area contributed by atoms with Crippen molar-refractivity contribution in [3.05, 3.63) is 0 Å². The van der Waals surface area contributed by atoms with E-state index < -0.39 is 36.4 Å². The molecule has 0 amide bonds. The maximum atomic E-state index is 10.3. The number of carboxylic acid groups (broad SMARTS) is 2. The van der Waals surface area contributed by atoms with Crippen LogP contribution in [0.15, 0.2) is 0 Å². The van der Waals surface area contributed by atoms with Crippen LogP contribution >= 0.6 is 0 Å². The van der Waals surface area contributed by atoms with Crippen molar-refractivity contribution in [3.63, 3.8) is 0 Å². The zero-order valence-electron chi connectivity index (χ0n) is 7.77. The third-order valence-corrected chi connectivity index (χ3v) is 1.75. The monoisotopic (exact) mass is 224 g/mol. The van der Waals surface area contributed by atoms with Gasteiger partial charge in [0.05, 0.1) is 0 Å². The van der Waals surface area contributed by atoms with Crippen LogP contribution < -0.4 is 0 Å². The van der Waals surface area contributed by atoms with Gasteiger partial charge in [-0.1, -0.05) is 0 Å². The van der Waals surface area contributed by atoms with Gasteiger partial charge in [0.25, 0.3) is 0 Å². The van der Waals surface area contributed by atoms with Crippen molar-refractivity contribution in [2.45, 2.75) is 24.4 Å². The number of carbonyl (C=O) groups is 2. The molecule has 88 valence electrons. The van der Waals surface area contributed by atoms with Gasteiger partial charge in [0.2, 0.25) is 0 Å². The van der Waals surface area contributed by atoms with E-state index in [9.17, 15) is 14.7 Å². The fourth-order valence-electron chi connectivity index (χ4n) is 0.921. The minimum Gasteiger partial charge on any atom is -0.479 e. The van der Waals surface area contributed by atoms with Crippen LogP contribution in [0, 0.1) is 0 Å². The summed E-state index contributed by atoms with van der Waals surface area (Å²) in [5.41, 5.74) is 0. The Balaban J connectivity index is 4.67. The van der Waals surface area contributed by atoms with Crippen LogP contribution in [0.5, 0.6) is 0 Å². The summed E-state index contributed by atoms with van der Waals surface area (Å²) in [5, 5.41) is 43.8. The van der Waals surface area contributed by atoms with E-state index in [1.165, 1.54) is 0 Å². The van der Waals surface area contributed by atoms with Gasteiger partial charge in [0.15, 0.2) is 12.2 Å². The molecule has 0 aliphatic rings. The van der Waals surface area contributed by atoms with Crippen LogP contribution in [0.3, 0.4) is 0 Å². The molecular weight excluding hydrogens is 212 g/mol. The minimum atomic E-state index is -2.23. The lowest BCUT2D eigenvalue weighted by Gasteiger charge is -2.25. The van der Waals surface area contributed by atoms with Crippen molar-refractivity contribution >= 4 is 11.9 Å². The molecule has 0 aromatic rings. The third-order valence-electron chi connectivity index (χ3n) is 1.75. The number of methoxy groups -OCH3 is 1. The van der Waals surface area contributed by atoms with Gasteiger partial charge in [0, 0.05) is 7.11 Å². The van der Waals surface area contributed by atoms with Gasteiger partial charge in [-0.25, -0.2) is 9.59 Å². The zero-order chi connectivity index (χ0) is 12.2. The van der Waals surface area contributed by atoms with Crippen LogP contribution in [0.1, 0.15) is 0 Å². The minimum absolute atomic E-state index is 0.967. The Bertz CT molecular complexity index is 239. The summed E-state index contributed by atoms with van der Waals surface area (Å²) in [6, 6.07) is 0. The third kappa shape index (κ3) is 3.44. The molecule has 4 atom stereocenters. The van der Waals surface area contributed by atoms with E-state index in [4.69, 9.17) is 20.4 Å². The zero-order valence-corrected chi connectivity index (χ0v) is 7.77. The molecule has 0 rings (SSSR count). The van der Waals surface area contributed by atoms with Crippen LogP contribution in [0.2, 0.25) is 0 Å². The summed E-state index contributed by atoms with van der Waals surface area (Å²) < 4.78 is 4.40.